The van der Waals surface area contributed by atoms with Crippen LogP contribution in [-0.2, 0) is 4.74 Å². The van der Waals surface area contributed by atoms with Crippen molar-refractivity contribution in [2.75, 3.05) is 25.2 Å². The molecule has 3 nitrogen and oxygen atoms in total. The number of halogens is 2. The van der Waals surface area contributed by atoms with Crippen molar-refractivity contribution in [3.63, 3.8) is 0 Å². The van der Waals surface area contributed by atoms with E-state index in [2.05, 4.69) is 27.8 Å². The largest absolute Gasteiger partial charge is 0.389 e. The van der Waals surface area contributed by atoms with Crippen molar-refractivity contribution < 1.29 is 9.13 Å². The predicted octanol–water partition coefficient (Wildman–Crippen LogP) is 3.47. The summed E-state index contributed by atoms with van der Waals surface area (Å²) >= 11 is 8.21. The molecule has 1 aromatic carbocycles. The lowest BCUT2D eigenvalue weighted by atomic mass is 10.1. The maximum Gasteiger partial charge on any atom is 0.161 e. The van der Waals surface area contributed by atoms with Gasteiger partial charge in [0.15, 0.2) is 5.82 Å². The van der Waals surface area contributed by atoms with E-state index in [0.717, 1.165) is 0 Å². The van der Waals surface area contributed by atoms with Crippen LogP contribution in [0.1, 0.15) is 25.3 Å². The van der Waals surface area contributed by atoms with Gasteiger partial charge in [-0.15, -0.1) is 0 Å². The number of anilines is 1. The number of benzene rings is 1. The van der Waals surface area contributed by atoms with Gasteiger partial charge in [0.2, 0.25) is 0 Å². The molecule has 0 aromatic heterocycles. The van der Waals surface area contributed by atoms with Crippen molar-refractivity contribution in [2.24, 2.45) is 11.7 Å². The summed E-state index contributed by atoms with van der Waals surface area (Å²) < 4.78 is 20.2. The summed E-state index contributed by atoms with van der Waals surface area (Å²) in [6.45, 7) is 3.36. The normalized spacial score (nSPS) is 15.8. The van der Waals surface area contributed by atoms with Crippen LogP contribution in [0.4, 0.5) is 10.1 Å². The number of methoxy groups -OCH3 is 1. The number of thiocarbonyl (C=S) groups is 1. The van der Waals surface area contributed by atoms with Gasteiger partial charge >= 0.3 is 0 Å². The van der Waals surface area contributed by atoms with Gasteiger partial charge in [0.1, 0.15) is 4.99 Å². The second-order valence-corrected chi connectivity index (χ2v) is 6.62. The van der Waals surface area contributed by atoms with Gasteiger partial charge in [-0.25, -0.2) is 4.39 Å². The second kappa shape index (κ2) is 7.03. The van der Waals surface area contributed by atoms with Gasteiger partial charge in [-0.1, -0.05) is 12.2 Å². The molecule has 6 heteroatoms. The molecule has 0 amide bonds. The zero-order valence-corrected chi connectivity index (χ0v) is 14.6. The van der Waals surface area contributed by atoms with Gasteiger partial charge in [0.25, 0.3) is 0 Å². The summed E-state index contributed by atoms with van der Waals surface area (Å²) in [6, 6.07) is 3.81. The molecule has 1 aromatic rings. The summed E-state index contributed by atoms with van der Waals surface area (Å²) in [4.78, 5) is 2.26. The lowest BCUT2D eigenvalue weighted by Crippen LogP contribution is -2.38. The van der Waals surface area contributed by atoms with Gasteiger partial charge in [0.05, 0.1) is 16.8 Å². The fourth-order valence-electron chi connectivity index (χ4n) is 2.52. The molecule has 0 radical (unpaired) electrons. The minimum absolute atomic E-state index is 0.186. The average Bonchev–Trinajstić information content (AvgIpc) is 3.27. The third-order valence-electron chi connectivity index (χ3n) is 3.97. The Morgan fingerprint density at radius 3 is 2.76 bits per heavy atom. The molecule has 0 bridgehead atoms. The van der Waals surface area contributed by atoms with Crippen molar-refractivity contribution >= 4 is 38.8 Å². The Hall–Kier alpha value is -0.720. The Morgan fingerprint density at radius 1 is 1.57 bits per heavy atom. The van der Waals surface area contributed by atoms with Gasteiger partial charge in [-0.3, -0.25) is 0 Å². The van der Waals surface area contributed by atoms with Crippen LogP contribution in [0.3, 0.4) is 0 Å². The average molecular weight is 375 g/mol. The second-order valence-electron chi connectivity index (χ2n) is 5.39. The highest BCUT2D eigenvalue weighted by molar-refractivity contribution is 9.10. The van der Waals surface area contributed by atoms with E-state index >= 15 is 0 Å². The Kier molecular flexibility index (Phi) is 5.57. The van der Waals surface area contributed by atoms with Crippen molar-refractivity contribution in [1.82, 2.24) is 0 Å². The van der Waals surface area contributed by atoms with Crippen molar-refractivity contribution in [3.05, 3.63) is 28.0 Å². The van der Waals surface area contributed by atoms with E-state index in [4.69, 9.17) is 22.7 Å². The molecule has 1 unspecified atom stereocenters. The minimum atomic E-state index is -0.316. The summed E-state index contributed by atoms with van der Waals surface area (Å²) in [5.74, 6) is 0.319. The lowest BCUT2D eigenvalue weighted by molar-refractivity contribution is 0.202. The molecular formula is C15H20BrFN2OS. The highest BCUT2D eigenvalue weighted by atomic mass is 79.9. The van der Waals surface area contributed by atoms with Crippen LogP contribution in [0.15, 0.2) is 16.6 Å². The van der Waals surface area contributed by atoms with E-state index in [-0.39, 0.29) is 16.8 Å². The summed E-state index contributed by atoms with van der Waals surface area (Å²) in [7, 11) is 1.65. The third-order valence-corrected chi connectivity index (χ3v) is 4.96. The van der Waals surface area contributed by atoms with Crippen LogP contribution in [0, 0.1) is 11.7 Å². The van der Waals surface area contributed by atoms with Crippen LogP contribution in [0.2, 0.25) is 0 Å². The van der Waals surface area contributed by atoms with E-state index in [1.54, 1.807) is 19.2 Å². The molecule has 0 spiro atoms. The molecule has 0 aliphatic heterocycles. The summed E-state index contributed by atoms with van der Waals surface area (Å²) in [5.41, 5.74) is 6.70. The van der Waals surface area contributed by atoms with E-state index in [1.165, 1.54) is 12.8 Å². The molecule has 1 fully saturated rings. The molecule has 2 rings (SSSR count). The standard InChI is InChI=1S/C15H20BrFN2OS/c1-9(10-3-4-10)19(7-8-20-2)12-6-5-11(15(18)21)13(16)14(12)17/h5-6,9-10H,3-4,7-8H2,1-2H3,(H2,18,21). The first-order chi connectivity index (χ1) is 9.97. The summed E-state index contributed by atoms with van der Waals surface area (Å²) in [6.07, 6.45) is 2.41. The Bertz CT molecular complexity index is 537. The Balaban J connectivity index is 2.34. The SMILES string of the molecule is COCCN(c1ccc(C(N)=S)c(Br)c1F)C(C)C1CC1. The fourth-order valence-corrected chi connectivity index (χ4v) is 3.37. The van der Waals surface area contributed by atoms with Crippen LogP contribution < -0.4 is 10.6 Å². The molecule has 21 heavy (non-hydrogen) atoms. The van der Waals surface area contributed by atoms with E-state index in [0.29, 0.717) is 34.8 Å². The number of rotatable bonds is 7. The quantitative estimate of drug-likeness (QED) is 0.741. The van der Waals surface area contributed by atoms with E-state index < -0.39 is 0 Å². The zero-order valence-electron chi connectivity index (χ0n) is 12.2. The lowest BCUT2D eigenvalue weighted by Gasteiger charge is -2.32. The fraction of sp³-hybridized carbons (Fsp3) is 0.533. The Labute approximate surface area is 138 Å². The highest BCUT2D eigenvalue weighted by Crippen LogP contribution is 2.38. The van der Waals surface area contributed by atoms with Crippen LogP contribution >= 0.6 is 28.1 Å². The minimum Gasteiger partial charge on any atom is -0.389 e. The van der Waals surface area contributed by atoms with Crippen molar-refractivity contribution in [1.29, 1.82) is 0 Å². The van der Waals surface area contributed by atoms with Crippen molar-refractivity contribution in [3.8, 4) is 0 Å². The van der Waals surface area contributed by atoms with Crippen molar-refractivity contribution in [2.45, 2.75) is 25.8 Å². The zero-order chi connectivity index (χ0) is 15.6. The van der Waals surface area contributed by atoms with Gasteiger partial charge in [0, 0.05) is 25.3 Å². The first kappa shape index (κ1) is 16.6. The van der Waals surface area contributed by atoms with Crippen LogP contribution in [-0.4, -0.2) is 31.3 Å². The molecule has 1 aliphatic rings. The maximum atomic E-state index is 14.7. The van der Waals surface area contributed by atoms with E-state index in [1.807, 2.05) is 0 Å². The first-order valence-corrected chi connectivity index (χ1v) is 8.20. The Morgan fingerprint density at radius 2 is 2.24 bits per heavy atom. The summed E-state index contributed by atoms with van der Waals surface area (Å²) in [5, 5.41) is 0. The predicted molar refractivity (Wildman–Crippen MR) is 91.4 cm³/mol. The maximum absolute atomic E-state index is 14.7. The molecule has 0 saturated heterocycles. The van der Waals surface area contributed by atoms with E-state index in [9.17, 15) is 4.39 Å². The van der Waals surface area contributed by atoms with Gasteiger partial charge < -0.3 is 15.4 Å². The number of nitrogens with zero attached hydrogens (tertiary/aromatic N) is 1. The first-order valence-electron chi connectivity index (χ1n) is 7.00. The monoisotopic (exact) mass is 374 g/mol. The molecule has 1 aliphatic carbocycles. The van der Waals surface area contributed by atoms with Gasteiger partial charge in [-0.2, -0.15) is 0 Å². The molecule has 2 N–H and O–H groups in total. The number of ether oxygens (including phenoxy) is 1. The highest BCUT2D eigenvalue weighted by Gasteiger charge is 2.33. The molecule has 1 saturated carbocycles. The smallest absolute Gasteiger partial charge is 0.161 e. The number of hydrogen-bond acceptors (Lipinski definition) is 3. The molecule has 116 valence electrons. The molecular weight excluding hydrogens is 355 g/mol. The number of nitrogens with two attached hydrogens (primary N) is 1. The van der Waals surface area contributed by atoms with Crippen LogP contribution in [0.25, 0.3) is 0 Å². The topological polar surface area (TPSA) is 38.5 Å². The molecule has 1 atom stereocenters. The molecule has 0 heterocycles. The van der Waals surface area contributed by atoms with Gasteiger partial charge in [-0.05, 0) is 53.7 Å². The number of hydrogen-bond donors (Lipinski definition) is 1. The van der Waals surface area contributed by atoms with Crippen LogP contribution in [0.5, 0.6) is 0 Å². The third kappa shape index (κ3) is 3.73.